The van der Waals surface area contributed by atoms with Gasteiger partial charge in [-0.1, -0.05) is 30.4 Å². The number of hydrogen-bond acceptors (Lipinski definition) is 4. The van der Waals surface area contributed by atoms with Gasteiger partial charge in [0, 0.05) is 18.5 Å². The molecule has 0 atom stereocenters. The fourth-order valence-electron chi connectivity index (χ4n) is 1.67. The number of nitrogens with zero attached hydrogens (tertiary/aromatic N) is 3. The van der Waals surface area contributed by atoms with Crippen molar-refractivity contribution in [1.29, 1.82) is 0 Å². The van der Waals surface area contributed by atoms with E-state index in [0.717, 1.165) is 0 Å². The number of amides is 1. The Morgan fingerprint density at radius 2 is 2.16 bits per heavy atom. The molecule has 6 heteroatoms. The van der Waals surface area contributed by atoms with Crippen molar-refractivity contribution in [3.8, 4) is 10.6 Å². The number of aromatic nitrogens is 2. The highest BCUT2D eigenvalue weighted by Crippen LogP contribution is 2.29. The highest BCUT2D eigenvalue weighted by molar-refractivity contribution is 7.18. The SMILES string of the molecule is CCC(=O)N(CC)c1nnc(-c2cccc(F)c2)s1. The van der Waals surface area contributed by atoms with Crippen LogP contribution in [0.1, 0.15) is 20.3 Å². The number of carbonyl (C=O) groups excluding carboxylic acids is 1. The van der Waals surface area contributed by atoms with Crippen LogP contribution < -0.4 is 4.90 Å². The molecule has 1 amide bonds. The summed E-state index contributed by atoms with van der Waals surface area (Å²) in [7, 11) is 0. The number of carbonyl (C=O) groups is 1. The maximum atomic E-state index is 13.2. The van der Waals surface area contributed by atoms with Gasteiger partial charge in [-0.05, 0) is 19.1 Å². The Kier molecular flexibility index (Phi) is 4.21. The van der Waals surface area contributed by atoms with Crippen LogP contribution in [0.25, 0.3) is 10.6 Å². The van der Waals surface area contributed by atoms with Gasteiger partial charge in [-0.3, -0.25) is 9.69 Å². The maximum absolute atomic E-state index is 13.2. The van der Waals surface area contributed by atoms with Crippen LogP contribution in [0.5, 0.6) is 0 Å². The quantitative estimate of drug-likeness (QED) is 0.864. The average Bonchev–Trinajstić information content (AvgIpc) is 2.89. The first-order valence-corrected chi connectivity index (χ1v) is 6.87. The maximum Gasteiger partial charge on any atom is 0.228 e. The third-order valence-electron chi connectivity index (χ3n) is 2.64. The monoisotopic (exact) mass is 279 g/mol. The smallest absolute Gasteiger partial charge is 0.228 e. The molecule has 1 aromatic carbocycles. The zero-order valence-electron chi connectivity index (χ0n) is 10.8. The molecule has 2 rings (SSSR count). The zero-order valence-corrected chi connectivity index (χ0v) is 11.6. The number of anilines is 1. The Hall–Kier alpha value is -1.82. The van der Waals surface area contributed by atoms with Gasteiger partial charge in [0.1, 0.15) is 10.8 Å². The van der Waals surface area contributed by atoms with E-state index in [0.29, 0.717) is 28.7 Å². The van der Waals surface area contributed by atoms with Crippen LogP contribution in [0.3, 0.4) is 0 Å². The molecule has 0 aliphatic carbocycles. The Morgan fingerprint density at radius 1 is 1.37 bits per heavy atom. The van der Waals surface area contributed by atoms with Crippen molar-refractivity contribution in [3.05, 3.63) is 30.1 Å². The van der Waals surface area contributed by atoms with Crippen LogP contribution in [0.15, 0.2) is 24.3 Å². The molecule has 0 N–H and O–H groups in total. The van der Waals surface area contributed by atoms with E-state index in [1.54, 1.807) is 24.0 Å². The molecule has 4 nitrogen and oxygen atoms in total. The number of halogens is 1. The number of benzene rings is 1. The van der Waals surface area contributed by atoms with Gasteiger partial charge >= 0.3 is 0 Å². The van der Waals surface area contributed by atoms with Crippen molar-refractivity contribution in [2.75, 3.05) is 11.4 Å². The lowest BCUT2D eigenvalue weighted by atomic mass is 10.2. The van der Waals surface area contributed by atoms with E-state index in [1.807, 2.05) is 6.92 Å². The van der Waals surface area contributed by atoms with Crippen LogP contribution in [0.4, 0.5) is 9.52 Å². The van der Waals surface area contributed by atoms with Crippen LogP contribution in [0, 0.1) is 5.82 Å². The molecule has 0 aliphatic heterocycles. The van der Waals surface area contributed by atoms with Gasteiger partial charge in [-0.25, -0.2) is 4.39 Å². The fourth-order valence-corrected chi connectivity index (χ4v) is 2.59. The molecule has 0 saturated heterocycles. The lowest BCUT2D eigenvalue weighted by Gasteiger charge is -2.15. The normalized spacial score (nSPS) is 10.5. The number of rotatable bonds is 4. The van der Waals surface area contributed by atoms with E-state index in [9.17, 15) is 9.18 Å². The van der Waals surface area contributed by atoms with Gasteiger partial charge in [-0.2, -0.15) is 0 Å². The first kappa shape index (κ1) is 13.6. The van der Waals surface area contributed by atoms with Gasteiger partial charge < -0.3 is 0 Å². The molecule has 0 aliphatic rings. The summed E-state index contributed by atoms with van der Waals surface area (Å²) in [5.41, 5.74) is 0.670. The lowest BCUT2D eigenvalue weighted by Crippen LogP contribution is -2.29. The second-order valence-electron chi connectivity index (χ2n) is 3.89. The molecule has 19 heavy (non-hydrogen) atoms. The molecular weight excluding hydrogens is 265 g/mol. The van der Waals surface area contributed by atoms with Gasteiger partial charge in [-0.15, -0.1) is 10.2 Å². The van der Waals surface area contributed by atoms with Crippen molar-refractivity contribution in [2.24, 2.45) is 0 Å². The second-order valence-corrected chi connectivity index (χ2v) is 4.85. The fraction of sp³-hybridized carbons (Fsp3) is 0.308. The topological polar surface area (TPSA) is 46.1 Å². The van der Waals surface area contributed by atoms with Gasteiger partial charge in [0.15, 0.2) is 0 Å². The molecule has 0 radical (unpaired) electrons. The number of hydrogen-bond donors (Lipinski definition) is 0. The summed E-state index contributed by atoms with van der Waals surface area (Å²) in [5.74, 6) is -0.310. The minimum Gasteiger partial charge on any atom is -0.287 e. The van der Waals surface area contributed by atoms with E-state index < -0.39 is 0 Å². The largest absolute Gasteiger partial charge is 0.287 e. The Balaban J connectivity index is 2.30. The molecule has 2 aromatic rings. The minimum atomic E-state index is -0.314. The lowest BCUT2D eigenvalue weighted by molar-refractivity contribution is -0.118. The Bertz CT molecular complexity index is 585. The second kappa shape index (κ2) is 5.88. The van der Waals surface area contributed by atoms with Gasteiger partial charge in [0.25, 0.3) is 0 Å². The van der Waals surface area contributed by atoms with Crippen LogP contribution in [-0.4, -0.2) is 22.6 Å². The molecule has 1 heterocycles. The van der Waals surface area contributed by atoms with Crippen LogP contribution >= 0.6 is 11.3 Å². The highest BCUT2D eigenvalue weighted by Gasteiger charge is 2.17. The molecule has 0 saturated carbocycles. The Labute approximate surface area is 114 Å². The first-order chi connectivity index (χ1) is 9.15. The molecule has 1 aromatic heterocycles. The van der Waals surface area contributed by atoms with Crippen molar-refractivity contribution in [3.63, 3.8) is 0 Å². The molecule has 100 valence electrons. The molecule has 0 fully saturated rings. The van der Waals surface area contributed by atoms with Gasteiger partial charge in [0.2, 0.25) is 11.0 Å². The minimum absolute atomic E-state index is 0.00411. The predicted molar refractivity (Wildman–Crippen MR) is 73.6 cm³/mol. The first-order valence-electron chi connectivity index (χ1n) is 6.05. The summed E-state index contributed by atoms with van der Waals surface area (Å²) < 4.78 is 13.2. The third-order valence-corrected chi connectivity index (χ3v) is 3.63. The van der Waals surface area contributed by atoms with E-state index in [4.69, 9.17) is 0 Å². The van der Waals surface area contributed by atoms with Crippen molar-refractivity contribution in [2.45, 2.75) is 20.3 Å². The third kappa shape index (κ3) is 2.96. The molecule has 0 bridgehead atoms. The summed E-state index contributed by atoms with van der Waals surface area (Å²) in [6, 6.07) is 6.18. The highest BCUT2D eigenvalue weighted by atomic mass is 32.1. The summed E-state index contributed by atoms with van der Waals surface area (Å²) in [6.07, 6.45) is 0.419. The summed E-state index contributed by atoms with van der Waals surface area (Å²) in [4.78, 5) is 13.3. The van der Waals surface area contributed by atoms with Crippen LogP contribution in [-0.2, 0) is 4.79 Å². The molecular formula is C13H14FN3OS. The van der Waals surface area contributed by atoms with Crippen molar-refractivity contribution < 1.29 is 9.18 Å². The van der Waals surface area contributed by atoms with Crippen molar-refractivity contribution >= 4 is 22.4 Å². The zero-order chi connectivity index (χ0) is 13.8. The molecule has 0 spiro atoms. The average molecular weight is 279 g/mol. The van der Waals surface area contributed by atoms with E-state index >= 15 is 0 Å². The van der Waals surface area contributed by atoms with E-state index in [2.05, 4.69) is 10.2 Å². The molecule has 0 unspecified atom stereocenters. The van der Waals surface area contributed by atoms with Crippen LogP contribution in [0.2, 0.25) is 0 Å². The standard InChI is InChI=1S/C13H14FN3OS/c1-3-11(18)17(4-2)13-16-15-12(19-13)9-6-5-7-10(14)8-9/h5-8H,3-4H2,1-2H3. The predicted octanol–water partition coefficient (Wildman–Crippen LogP) is 3.11. The van der Waals surface area contributed by atoms with Crippen molar-refractivity contribution in [1.82, 2.24) is 10.2 Å². The summed E-state index contributed by atoms with van der Waals surface area (Å²) >= 11 is 1.29. The van der Waals surface area contributed by atoms with E-state index in [1.165, 1.54) is 23.5 Å². The van der Waals surface area contributed by atoms with Gasteiger partial charge in [0.05, 0.1) is 0 Å². The van der Waals surface area contributed by atoms with E-state index in [-0.39, 0.29) is 11.7 Å². The summed E-state index contributed by atoms with van der Waals surface area (Å²) in [5, 5.41) is 9.19. The summed E-state index contributed by atoms with van der Waals surface area (Å²) in [6.45, 7) is 4.24. The Morgan fingerprint density at radius 3 is 2.79 bits per heavy atom.